The number of aromatic nitrogens is 1. The third-order valence-corrected chi connectivity index (χ3v) is 3.99. The van der Waals surface area contributed by atoms with Crippen molar-refractivity contribution in [2.24, 2.45) is 4.99 Å². The number of hydrogen-bond donors (Lipinski definition) is 3. The second kappa shape index (κ2) is 8.47. The van der Waals surface area contributed by atoms with Crippen LogP contribution in [-0.2, 0) is 6.42 Å². The molecule has 0 atom stereocenters. The standard InChI is InChI=1S/C18H28N4/c1-4-5-8-12-20-18(19-3)21-13-11-15-14(2)22-17-10-7-6-9-16(15)17/h6-7,9-10,22H,4-5,8,11-13H2,1-3H3,(H2,19,20,21). The van der Waals surface area contributed by atoms with E-state index in [1.807, 2.05) is 7.05 Å². The first kappa shape index (κ1) is 16.4. The molecule has 0 saturated carbocycles. The zero-order valence-electron chi connectivity index (χ0n) is 14.0. The Bertz CT molecular complexity index is 613. The smallest absolute Gasteiger partial charge is 0.190 e. The van der Waals surface area contributed by atoms with Crippen molar-refractivity contribution in [2.75, 3.05) is 20.1 Å². The Kier molecular flexibility index (Phi) is 6.31. The lowest BCUT2D eigenvalue weighted by Gasteiger charge is -2.11. The van der Waals surface area contributed by atoms with E-state index in [2.05, 4.69) is 58.7 Å². The lowest BCUT2D eigenvalue weighted by Crippen LogP contribution is -2.38. The molecule has 0 radical (unpaired) electrons. The van der Waals surface area contributed by atoms with Gasteiger partial charge < -0.3 is 15.6 Å². The van der Waals surface area contributed by atoms with Crippen LogP contribution in [0, 0.1) is 6.92 Å². The van der Waals surface area contributed by atoms with Crippen LogP contribution in [0.4, 0.5) is 0 Å². The van der Waals surface area contributed by atoms with Crippen molar-refractivity contribution in [2.45, 2.75) is 39.5 Å². The van der Waals surface area contributed by atoms with E-state index < -0.39 is 0 Å². The Balaban J connectivity index is 1.85. The maximum absolute atomic E-state index is 4.28. The molecule has 0 spiro atoms. The number of aromatic amines is 1. The number of nitrogens with one attached hydrogen (secondary N) is 3. The van der Waals surface area contributed by atoms with Gasteiger partial charge in [0.15, 0.2) is 5.96 Å². The lowest BCUT2D eigenvalue weighted by molar-refractivity contribution is 0.682. The largest absolute Gasteiger partial charge is 0.358 e. The van der Waals surface area contributed by atoms with Gasteiger partial charge in [0.1, 0.15) is 0 Å². The summed E-state index contributed by atoms with van der Waals surface area (Å²) in [4.78, 5) is 7.73. The first-order valence-corrected chi connectivity index (χ1v) is 8.27. The first-order valence-electron chi connectivity index (χ1n) is 8.27. The SMILES string of the molecule is CCCCCNC(=NC)NCCc1c(C)[nH]c2ccccc12. The molecule has 1 heterocycles. The fourth-order valence-corrected chi connectivity index (χ4v) is 2.77. The van der Waals surface area contributed by atoms with Crippen LogP contribution in [0.3, 0.4) is 0 Å². The molecule has 0 saturated heterocycles. The summed E-state index contributed by atoms with van der Waals surface area (Å²) in [7, 11) is 1.83. The third kappa shape index (κ3) is 4.26. The van der Waals surface area contributed by atoms with Crippen molar-refractivity contribution in [3.63, 3.8) is 0 Å². The molecule has 0 aliphatic rings. The Morgan fingerprint density at radius 3 is 2.68 bits per heavy atom. The van der Waals surface area contributed by atoms with Crippen molar-refractivity contribution < 1.29 is 0 Å². The number of hydrogen-bond acceptors (Lipinski definition) is 1. The van der Waals surface area contributed by atoms with E-state index >= 15 is 0 Å². The van der Waals surface area contributed by atoms with E-state index in [0.717, 1.165) is 25.5 Å². The summed E-state index contributed by atoms with van der Waals surface area (Å²) in [6.07, 6.45) is 4.69. The second-order valence-electron chi connectivity index (χ2n) is 5.66. The lowest BCUT2D eigenvalue weighted by atomic mass is 10.1. The van der Waals surface area contributed by atoms with Gasteiger partial charge in [0.05, 0.1) is 0 Å². The number of unbranched alkanes of at least 4 members (excludes halogenated alkanes) is 2. The molecule has 1 aromatic carbocycles. The van der Waals surface area contributed by atoms with Gasteiger partial charge in [-0.2, -0.15) is 0 Å². The van der Waals surface area contributed by atoms with Crippen LogP contribution in [0.25, 0.3) is 10.9 Å². The van der Waals surface area contributed by atoms with Gasteiger partial charge in [0, 0.05) is 36.7 Å². The van der Waals surface area contributed by atoms with Gasteiger partial charge in [-0.3, -0.25) is 4.99 Å². The number of aryl methyl sites for hydroxylation is 1. The minimum absolute atomic E-state index is 0.885. The highest BCUT2D eigenvalue weighted by molar-refractivity contribution is 5.84. The van der Waals surface area contributed by atoms with E-state index in [1.54, 1.807) is 0 Å². The number of para-hydroxylation sites is 1. The molecular weight excluding hydrogens is 272 g/mol. The average Bonchev–Trinajstić information content (AvgIpc) is 2.85. The zero-order chi connectivity index (χ0) is 15.8. The van der Waals surface area contributed by atoms with Crippen LogP contribution in [-0.4, -0.2) is 31.1 Å². The minimum atomic E-state index is 0.885. The van der Waals surface area contributed by atoms with Gasteiger partial charge in [-0.25, -0.2) is 0 Å². The van der Waals surface area contributed by atoms with Gasteiger partial charge in [0.2, 0.25) is 0 Å². The van der Waals surface area contributed by atoms with Crippen LogP contribution >= 0.6 is 0 Å². The van der Waals surface area contributed by atoms with Crippen molar-refractivity contribution in [1.82, 2.24) is 15.6 Å². The quantitative estimate of drug-likeness (QED) is 0.417. The number of nitrogens with zero attached hydrogens (tertiary/aromatic N) is 1. The van der Waals surface area contributed by atoms with Gasteiger partial charge in [-0.05, 0) is 31.4 Å². The molecule has 120 valence electrons. The van der Waals surface area contributed by atoms with Gasteiger partial charge >= 0.3 is 0 Å². The van der Waals surface area contributed by atoms with Crippen molar-refractivity contribution in [1.29, 1.82) is 0 Å². The number of benzene rings is 1. The molecule has 0 fully saturated rings. The Morgan fingerprint density at radius 1 is 1.14 bits per heavy atom. The van der Waals surface area contributed by atoms with Gasteiger partial charge in [0.25, 0.3) is 0 Å². The summed E-state index contributed by atoms with van der Waals surface area (Å²) in [6.45, 7) is 6.24. The van der Waals surface area contributed by atoms with E-state index in [9.17, 15) is 0 Å². The number of guanidine groups is 1. The molecule has 22 heavy (non-hydrogen) atoms. The molecular formula is C18H28N4. The summed E-state index contributed by atoms with van der Waals surface area (Å²) >= 11 is 0. The van der Waals surface area contributed by atoms with Crippen LogP contribution in [0.15, 0.2) is 29.3 Å². The summed E-state index contributed by atoms with van der Waals surface area (Å²) in [6, 6.07) is 8.49. The third-order valence-electron chi connectivity index (χ3n) is 3.99. The fraction of sp³-hybridized carbons (Fsp3) is 0.500. The van der Waals surface area contributed by atoms with E-state index in [1.165, 1.54) is 41.4 Å². The summed E-state index contributed by atoms with van der Waals surface area (Å²) in [5.74, 6) is 0.897. The molecule has 3 N–H and O–H groups in total. The van der Waals surface area contributed by atoms with Crippen LogP contribution < -0.4 is 10.6 Å². The first-order chi connectivity index (χ1) is 10.8. The van der Waals surface area contributed by atoms with Gasteiger partial charge in [-0.15, -0.1) is 0 Å². The highest BCUT2D eigenvalue weighted by Crippen LogP contribution is 2.21. The number of rotatable bonds is 7. The summed E-state index contributed by atoms with van der Waals surface area (Å²) < 4.78 is 0. The topological polar surface area (TPSA) is 52.2 Å². The van der Waals surface area contributed by atoms with Crippen LogP contribution in [0.1, 0.15) is 37.4 Å². The summed E-state index contributed by atoms with van der Waals surface area (Å²) in [5.41, 5.74) is 3.87. The van der Waals surface area contributed by atoms with Crippen LogP contribution in [0.5, 0.6) is 0 Å². The molecule has 4 nitrogen and oxygen atoms in total. The van der Waals surface area contributed by atoms with Crippen molar-refractivity contribution >= 4 is 16.9 Å². The molecule has 0 bridgehead atoms. The maximum Gasteiger partial charge on any atom is 0.190 e. The maximum atomic E-state index is 4.28. The molecule has 4 heteroatoms. The van der Waals surface area contributed by atoms with E-state index in [0.29, 0.717) is 0 Å². The predicted octanol–water partition coefficient (Wildman–Crippen LogP) is 3.37. The number of H-pyrrole nitrogens is 1. The van der Waals surface area contributed by atoms with Crippen molar-refractivity contribution in [3.05, 3.63) is 35.5 Å². The number of aliphatic imine (C=N–C) groups is 1. The highest BCUT2D eigenvalue weighted by Gasteiger charge is 2.07. The second-order valence-corrected chi connectivity index (χ2v) is 5.66. The summed E-state index contributed by atoms with van der Waals surface area (Å²) in [5, 5.41) is 8.10. The average molecular weight is 300 g/mol. The normalized spacial score (nSPS) is 11.9. The zero-order valence-corrected chi connectivity index (χ0v) is 14.0. The molecule has 0 aliphatic carbocycles. The van der Waals surface area contributed by atoms with Crippen molar-refractivity contribution in [3.8, 4) is 0 Å². The number of fused-ring (bicyclic) bond motifs is 1. The molecule has 0 amide bonds. The Morgan fingerprint density at radius 2 is 1.91 bits per heavy atom. The predicted molar refractivity (Wildman–Crippen MR) is 95.6 cm³/mol. The molecule has 1 aromatic heterocycles. The van der Waals surface area contributed by atoms with E-state index in [4.69, 9.17) is 0 Å². The molecule has 0 aliphatic heterocycles. The van der Waals surface area contributed by atoms with Crippen LogP contribution in [0.2, 0.25) is 0 Å². The fourth-order valence-electron chi connectivity index (χ4n) is 2.77. The molecule has 2 aromatic rings. The van der Waals surface area contributed by atoms with E-state index in [-0.39, 0.29) is 0 Å². The minimum Gasteiger partial charge on any atom is -0.358 e. The highest BCUT2D eigenvalue weighted by atomic mass is 15.2. The monoisotopic (exact) mass is 300 g/mol. The van der Waals surface area contributed by atoms with Gasteiger partial charge in [-0.1, -0.05) is 38.0 Å². The Labute approximate surface area is 133 Å². The molecule has 2 rings (SSSR count). The molecule has 0 unspecified atom stereocenters. The Hall–Kier alpha value is -1.97.